The molecule has 0 radical (unpaired) electrons. The Bertz CT molecular complexity index is 157. The smallest absolute Gasteiger partial charge is 0.0488 e. The molecule has 1 N–H and O–H groups in total. The lowest BCUT2D eigenvalue weighted by molar-refractivity contribution is 0.417. The van der Waals surface area contributed by atoms with E-state index in [1.54, 1.807) is 0 Å². The summed E-state index contributed by atoms with van der Waals surface area (Å²) < 4.78 is 0. The maximum Gasteiger partial charge on any atom is 0.0488 e. The van der Waals surface area contributed by atoms with E-state index in [4.69, 9.17) is 11.6 Å². The molecule has 1 nitrogen and oxygen atoms in total. The predicted octanol–water partition coefficient (Wildman–Crippen LogP) is 3.81. The van der Waals surface area contributed by atoms with Gasteiger partial charge in [-0.05, 0) is 37.6 Å². The summed E-state index contributed by atoms with van der Waals surface area (Å²) in [4.78, 5) is 0. The molecule has 90 valence electrons. The summed E-state index contributed by atoms with van der Waals surface area (Å²) in [7, 11) is 0. The van der Waals surface area contributed by atoms with Crippen molar-refractivity contribution >= 4 is 11.6 Å². The van der Waals surface area contributed by atoms with E-state index < -0.39 is 0 Å². The van der Waals surface area contributed by atoms with E-state index in [9.17, 15) is 0 Å². The molecule has 15 heavy (non-hydrogen) atoms. The summed E-state index contributed by atoms with van der Waals surface area (Å²) in [6.07, 6.45) is 8.05. The minimum absolute atomic E-state index is 0.383. The highest BCUT2D eigenvalue weighted by molar-refractivity contribution is 6.21. The van der Waals surface area contributed by atoms with E-state index in [2.05, 4.69) is 19.2 Å². The molecule has 0 heterocycles. The third kappa shape index (κ3) is 5.77. The topological polar surface area (TPSA) is 12.0 Å². The highest BCUT2D eigenvalue weighted by Gasteiger charge is 2.29. The van der Waals surface area contributed by atoms with Crippen molar-refractivity contribution < 1.29 is 0 Å². The van der Waals surface area contributed by atoms with Crippen LogP contribution in [0.3, 0.4) is 0 Å². The Morgan fingerprint density at radius 3 is 2.53 bits per heavy atom. The van der Waals surface area contributed by atoms with Crippen molar-refractivity contribution in [1.82, 2.24) is 5.32 Å². The Balaban J connectivity index is 1.99. The van der Waals surface area contributed by atoms with E-state index >= 15 is 0 Å². The molecule has 0 aliphatic heterocycles. The SMILES string of the molecule is CCCCC(CC)CNCC(Cl)C1CC1. The van der Waals surface area contributed by atoms with Crippen LogP contribution in [0, 0.1) is 11.8 Å². The molecule has 0 amide bonds. The summed E-state index contributed by atoms with van der Waals surface area (Å²) in [6.45, 7) is 6.73. The fourth-order valence-corrected chi connectivity index (χ4v) is 2.35. The third-order valence-corrected chi connectivity index (χ3v) is 3.96. The van der Waals surface area contributed by atoms with Crippen molar-refractivity contribution in [3.05, 3.63) is 0 Å². The summed E-state index contributed by atoms with van der Waals surface area (Å²) in [5.74, 6) is 1.67. The van der Waals surface area contributed by atoms with Crippen molar-refractivity contribution in [2.45, 2.75) is 57.7 Å². The van der Waals surface area contributed by atoms with Gasteiger partial charge in [0.1, 0.15) is 0 Å². The number of hydrogen-bond acceptors (Lipinski definition) is 1. The van der Waals surface area contributed by atoms with Crippen LogP contribution in [0.1, 0.15) is 52.4 Å². The molecule has 0 aromatic rings. The number of alkyl halides is 1. The molecule has 2 heteroatoms. The highest BCUT2D eigenvalue weighted by Crippen LogP contribution is 2.35. The van der Waals surface area contributed by atoms with Gasteiger partial charge < -0.3 is 5.32 Å². The predicted molar refractivity (Wildman–Crippen MR) is 68.5 cm³/mol. The Hall–Kier alpha value is 0.250. The van der Waals surface area contributed by atoms with Crippen molar-refractivity contribution in [1.29, 1.82) is 0 Å². The van der Waals surface area contributed by atoms with Crippen LogP contribution in [0.15, 0.2) is 0 Å². The van der Waals surface area contributed by atoms with Gasteiger partial charge in [-0.25, -0.2) is 0 Å². The quantitative estimate of drug-likeness (QED) is 0.595. The fraction of sp³-hybridized carbons (Fsp3) is 1.00. The minimum atomic E-state index is 0.383. The van der Waals surface area contributed by atoms with Gasteiger partial charge in [0.05, 0.1) is 0 Å². The molecular formula is C13H26ClN. The first-order valence-electron chi connectivity index (χ1n) is 6.62. The van der Waals surface area contributed by atoms with Gasteiger partial charge in [-0.2, -0.15) is 0 Å². The van der Waals surface area contributed by atoms with Crippen LogP contribution < -0.4 is 5.32 Å². The van der Waals surface area contributed by atoms with Gasteiger partial charge in [0.25, 0.3) is 0 Å². The van der Waals surface area contributed by atoms with Gasteiger partial charge >= 0.3 is 0 Å². The maximum atomic E-state index is 6.25. The average molecular weight is 232 g/mol. The molecule has 0 aromatic heterocycles. The van der Waals surface area contributed by atoms with Crippen LogP contribution in [0.2, 0.25) is 0 Å². The van der Waals surface area contributed by atoms with Crippen molar-refractivity contribution in [3.63, 3.8) is 0 Å². The lowest BCUT2D eigenvalue weighted by Gasteiger charge is -2.16. The van der Waals surface area contributed by atoms with Crippen molar-refractivity contribution in [2.75, 3.05) is 13.1 Å². The summed E-state index contributed by atoms with van der Waals surface area (Å²) in [5, 5.41) is 3.92. The van der Waals surface area contributed by atoms with Crippen molar-refractivity contribution in [3.8, 4) is 0 Å². The molecule has 1 aliphatic carbocycles. The molecule has 1 rings (SSSR count). The van der Waals surface area contributed by atoms with Gasteiger partial charge in [-0.3, -0.25) is 0 Å². The van der Waals surface area contributed by atoms with Gasteiger partial charge in [-0.1, -0.05) is 33.1 Å². The van der Waals surface area contributed by atoms with Gasteiger partial charge in [0.2, 0.25) is 0 Å². The maximum absolute atomic E-state index is 6.25. The molecule has 2 atom stereocenters. The molecule has 1 aliphatic rings. The number of nitrogens with one attached hydrogen (secondary N) is 1. The second kappa shape index (κ2) is 7.51. The van der Waals surface area contributed by atoms with Gasteiger partial charge in [0.15, 0.2) is 0 Å². The summed E-state index contributed by atoms with van der Waals surface area (Å²) in [6, 6.07) is 0. The summed E-state index contributed by atoms with van der Waals surface area (Å²) in [5.41, 5.74) is 0. The Morgan fingerprint density at radius 2 is 2.00 bits per heavy atom. The summed E-state index contributed by atoms with van der Waals surface area (Å²) >= 11 is 6.25. The molecular weight excluding hydrogens is 206 g/mol. The van der Waals surface area contributed by atoms with Gasteiger partial charge in [0, 0.05) is 11.9 Å². The first kappa shape index (κ1) is 13.3. The van der Waals surface area contributed by atoms with Crippen LogP contribution >= 0.6 is 11.6 Å². The lowest BCUT2D eigenvalue weighted by atomic mass is 9.99. The van der Waals surface area contributed by atoms with E-state index in [1.165, 1.54) is 38.5 Å². The minimum Gasteiger partial charge on any atom is -0.315 e. The Kier molecular flexibility index (Phi) is 6.67. The third-order valence-electron chi connectivity index (χ3n) is 3.45. The second-order valence-corrected chi connectivity index (χ2v) is 5.49. The van der Waals surface area contributed by atoms with Crippen LogP contribution in [0.25, 0.3) is 0 Å². The molecule has 1 saturated carbocycles. The van der Waals surface area contributed by atoms with Crippen LogP contribution in [0.5, 0.6) is 0 Å². The molecule has 2 unspecified atom stereocenters. The average Bonchev–Trinajstić information content (AvgIpc) is 3.06. The zero-order valence-corrected chi connectivity index (χ0v) is 11.0. The molecule has 0 bridgehead atoms. The fourth-order valence-electron chi connectivity index (χ4n) is 1.99. The Morgan fingerprint density at radius 1 is 1.27 bits per heavy atom. The van der Waals surface area contributed by atoms with E-state index in [1.807, 2.05) is 0 Å². The zero-order valence-electron chi connectivity index (χ0n) is 10.3. The molecule has 0 saturated heterocycles. The van der Waals surface area contributed by atoms with Crippen LogP contribution in [-0.2, 0) is 0 Å². The van der Waals surface area contributed by atoms with Crippen LogP contribution in [-0.4, -0.2) is 18.5 Å². The molecule has 0 aromatic carbocycles. The van der Waals surface area contributed by atoms with Crippen LogP contribution in [0.4, 0.5) is 0 Å². The zero-order chi connectivity index (χ0) is 11.1. The standard InChI is InChI=1S/C13H26ClN/c1-3-5-6-11(4-2)9-15-10-13(14)12-7-8-12/h11-13,15H,3-10H2,1-2H3. The first-order chi connectivity index (χ1) is 7.27. The second-order valence-electron chi connectivity index (χ2n) is 4.93. The van der Waals surface area contributed by atoms with E-state index in [0.717, 1.165) is 24.9 Å². The highest BCUT2D eigenvalue weighted by atomic mass is 35.5. The molecule has 0 spiro atoms. The first-order valence-corrected chi connectivity index (χ1v) is 7.06. The van der Waals surface area contributed by atoms with E-state index in [0.29, 0.717) is 5.38 Å². The number of halogens is 1. The Labute approximate surface area is 100.0 Å². The number of unbranched alkanes of at least 4 members (excludes halogenated alkanes) is 1. The van der Waals surface area contributed by atoms with Gasteiger partial charge in [-0.15, -0.1) is 11.6 Å². The number of rotatable bonds is 9. The largest absolute Gasteiger partial charge is 0.315 e. The lowest BCUT2D eigenvalue weighted by Crippen LogP contribution is -2.29. The normalized spacial score (nSPS) is 20.2. The number of hydrogen-bond donors (Lipinski definition) is 1. The monoisotopic (exact) mass is 231 g/mol. The van der Waals surface area contributed by atoms with Crippen molar-refractivity contribution in [2.24, 2.45) is 11.8 Å². The molecule has 1 fully saturated rings. The van der Waals surface area contributed by atoms with E-state index in [-0.39, 0.29) is 0 Å².